The van der Waals surface area contributed by atoms with Crippen molar-refractivity contribution in [2.75, 3.05) is 6.54 Å². The van der Waals surface area contributed by atoms with E-state index in [2.05, 4.69) is 5.32 Å². The van der Waals surface area contributed by atoms with Gasteiger partial charge in [-0.15, -0.1) is 0 Å². The third-order valence-electron chi connectivity index (χ3n) is 2.07. The summed E-state index contributed by atoms with van der Waals surface area (Å²) < 4.78 is 12.7. The summed E-state index contributed by atoms with van der Waals surface area (Å²) in [5.74, 6) is -1.17. The van der Waals surface area contributed by atoms with Gasteiger partial charge in [-0.05, 0) is 30.7 Å². The van der Waals surface area contributed by atoms with Gasteiger partial charge in [0.1, 0.15) is 5.82 Å². The van der Waals surface area contributed by atoms with Crippen LogP contribution < -0.4 is 5.32 Å². The molecule has 0 aliphatic heterocycles. The summed E-state index contributed by atoms with van der Waals surface area (Å²) in [6, 6.07) is 4.22. The van der Waals surface area contributed by atoms with Crippen molar-refractivity contribution in [3.63, 3.8) is 0 Å². The lowest BCUT2D eigenvalue weighted by atomic mass is 10.2. The number of rotatable bonds is 6. The number of carboxylic acid groups (broad SMARTS) is 1. The van der Waals surface area contributed by atoms with Crippen molar-refractivity contribution in [2.24, 2.45) is 0 Å². The lowest BCUT2D eigenvalue weighted by molar-refractivity contribution is -0.137. The Kier molecular flexibility index (Phi) is 5.22. The van der Waals surface area contributed by atoms with Crippen molar-refractivity contribution >= 4 is 17.6 Å². The number of hydrogen-bond acceptors (Lipinski definition) is 2. The van der Waals surface area contributed by atoms with E-state index in [4.69, 9.17) is 16.7 Å². The average Bonchev–Trinajstić information content (AvgIpc) is 2.20. The Balaban J connectivity index is 2.29. The molecule has 16 heavy (non-hydrogen) atoms. The van der Waals surface area contributed by atoms with Gasteiger partial charge in [-0.3, -0.25) is 4.79 Å². The van der Waals surface area contributed by atoms with Crippen LogP contribution in [0.15, 0.2) is 18.2 Å². The van der Waals surface area contributed by atoms with Crippen LogP contribution in [0.3, 0.4) is 0 Å². The predicted octanol–water partition coefficient (Wildman–Crippen LogP) is 2.43. The summed E-state index contributed by atoms with van der Waals surface area (Å²) in [5, 5.41) is 11.8. The Hall–Kier alpha value is -1.13. The maximum atomic E-state index is 12.7. The standard InChI is InChI=1S/C11H13ClFNO2/c12-10-6-9(13)4-3-8(10)7-14-5-1-2-11(15)16/h3-4,6,14H,1-2,5,7H2,(H,15,16). The molecule has 3 nitrogen and oxygen atoms in total. The second kappa shape index (κ2) is 6.45. The van der Waals surface area contributed by atoms with Crippen LogP contribution in [0.1, 0.15) is 18.4 Å². The second-order valence-electron chi connectivity index (χ2n) is 3.41. The minimum atomic E-state index is -0.804. The molecule has 0 radical (unpaired) electrons. The Morgan fingerprint density at radius 3 is 2.88 bits per heavy atom. The Morgan fingerprint density at radius 2 is 2.25 bits per heavy atom. The smallest absolute Gasteiger partial charge is 0.303 e. The molecule has 0 unspecified atom stereocenters. The van der Waals surface area contributed by atoms with Crippen LogP contribution in [0.25, 0.3) is 0 Å². The quantitative estimate of drug-likeness (QED) is 0.757. The first kappa shape index (κ1) is 12.9. The Labute approximate surface area is 98.2 Å². The highest BCUT2D eigenvalue weighted by Crippen LogP contribution is 2.16. The molecule has 0 heterocycles. The number of hydrogen-bond donors (Lipinski definition) is 2. The molecule has 0 aliphatic carbocycles. The highest BCUT2D eigenvalue weighted by Gasteiger charge is 2.01. The zero-order valence-corrected chi connectivity index (χ0v) is 9.43. The molecule has 0 atom stereocenters. The summed E-state index contributed by atoms with van der Waals surface area (Å²) >= 11 is 5.82. The van der Waals surface area contributed by atoms with E-state index in [1.54, 1.807) is 6.07 Å². The molecule has 1 rings (SSSR count). The van der Waals surface area contributed by atoms with Gasteiger partial charge >= 0.3 is 5.97 Å². The average molecular weight is 246 g/mol. The molecule has 0 aliphatic rings. The molecule has 1 aromatic carbocycles. The van der Waals surface area contributed by atoms with Gasteiger partial charge in [-0.1, -0.05) is 17.7 Å². The predicted molar refractivity (Wildman–Crippen MR) is 60.0 cm³/mol. The minimum Gasteiger partial charge on any atom is -0.481 e. The van der Waals surface area contributed by atoms with Crippen molar-refractivity contribution in [3.8, 4) is 0 Å². The summed E-state index contributed by atoms with van der Waals surface area (Å²) in [6.45, 7) is 1.11. The molecule has 88 valence electrons. The first-order valence-corrected chi connectivity index (χ1v) is 5.34. The fourth-order valence-electron chi connectivity index (χ4n) is 1.25. The van der Waals surface area contributed by atoms with Crippen LogP contribution in [0.4, 0.5) is 4.39 Å². The highest BCUT2D eigenvalue weighted by molar-refractivity contribution is 6.31. The van der Waals surface area contributed by atoms with Gasteiger partial charge in [0.15, 0.2) is 0 Å². The summed E-state index contributed by atoms with van der Waals surface area (Å²) in [7, 11) is 0. The van der Waals surface area contributed by atoms with Crippen molar-refractivity contribution in [3.05, 3.63) is 34.6 Å². The number of aliphatic carboxylic acids is 1. The second-order valence-corrected chi connectivity index (χ2v) is 3.82. The van der Waals surface area contributed by atoms with E-state index in [1.807, 2.05) is 0 Å². The zero-order valence-electron chi connectivity index (χ0n) is 8.67. The van der Waals surface area contributed by atoms with Crippen LogP contribution in [-0.2, 0) is 11.3 Å². The molecule has 0 saturated heterocycles. The zero-order chi connectivity index (χ0) is 12.0. The molecule has 0 amide bonds. The molecule has 2 N–H and O–H groups in total. The normalized spacial score (nSPS) is 10.4. The van der Waals surface area contributed by atoms with Crippen LogP contribution in [0, 0.1) is 5.82 Å². The number of carboxylic acids is 1. The maximum absolute atomic E-state index is 12.7. The number of benzene rings is 1. The molecule has 0 fully saturated rings. The van der Waals surface area contributed by atoms with Gasteiger partial charge in [0.05, 0.1) is 0 Å². The Morgan fingerprint density at radius 1 is 1.50 bits per heavy atom. The molecular formula is C11H13ClFNO2. The van der Waals surface area contributed by atoms with Crippen molar-refractivity contribution in [1.29, 1.82) is 0 Å². The maximum Gasteiger partial charge on any atom is 0.303 e. The first-order chi connectivity index (χ1) is 7.59. The summed E-state index contributed by atoms with van der Waals surface area (Å²) in [4.78, 5) is 10.2. The van der Waals surface area contributed by atoms with E-state index < -0.39 is 5.97 Å². The van der Waals surface area contributed by atoms with E-state index in [1.165, 1.54) is 12.1 Å². The fraction of sp³-hybridized carbons (Fsp3) is 0.364. The molecule has 0 saturated carbocycles. The third-order valence-corrected chi connectivity index (χ3v) is 2.43. The van der Waals surface area contributed by atoms with Gasteiger partial charge in [-0.2, -0.15) is 0 Å². The first-order valence-electron chi connectivity index (χ1n) is 4.96. The van der Waals surface area contributed by atoms with Gasteiger partial charge in [0.2, 0.25) is 0 Å². The molecule has 0 spiro atoms. The van der Waals surface area contributed by atoms with E-state index in [-0.39, 0.29) is 12.2 Å². The molecule has 1 aromatic rings. The third kappa shape index (κ3) is 4.59. The van der Waals surface area contributed by atoms with Crippen molar-refractivity contribution in [1.82, 2.24) is 5.32 Å². The van der Waals surface area contributed by atoms with Gasteiger partial charge in [0.25, 0.3) is 0 Å². The van der Waals surface area contributed by atoms with Crippen LogP contribution >= 0.6 is 11.6 Å². The van der Waals surface area contributed by atoms with E-state index in [9.17, 15) is 9.18 Å². The molecular weight excluding hydrogens is 233 g/mol. The SMILES string of the molecule is O=C(O)CCCNCc1ccc(F)cc1Cl. The van der Waals surface area contributed by atoms with Crippen LogP contribution in [0.5, 0.6) is 0 Å². The molecule has 5 heteroatoms. The fourth-order valence-corrected chi connectivity index (χ4v) is 1.49. The highest BCUT2D eigenvalue weighted by atomic mass is 35.5. The topological polar surface area (TPSA) is 49.3 Å². The number of nitrogens with one attached hydrogen (secondary N) is 1. The van der Waals surface area contributed by atoms with E-state index in [0.717, 1.165) is 5.56 Å². The molecule has 0 aromatic heterocycles. The van der Waals surface area contributed by atoms with Crippen molar-refractivity contribution < 1.29 is 14.3 Å². The largest absolute Gasteiger partial charge is 0.481 e. The van der Waals surface area contributed by atoms with Crippen LogP contribution in [0.2, 0.25) is 5.02 Å². The lowest BCUT2D eigenvalue weighted by Gasteiger charge is -2.05. The minimum absolute atomic E-state index is 0.143. The number of halogens is 2. The Bertz CT molecular complexity index is 371. The lowest BCUT2D eigenvalue weighted by Crippen LogP contribution is -2.16. The van der Waals surface area contributed by atoms with Gasteiger partial charge in [0, 0.05) is 18.0 Å². The summed E-state index contributed by atoms with van der Waals surface area (Å²) in [6.07, 6.45) is 0.707. The van der Waals surface area contributed by atoms with Gasteiger partial charge < -0.3 is 10.4 Å². The van der Waals surface area contributed by atoms with E-state index >= 15 is 0 Å². The van der Waals surface area contributed by atoms with Gasteiger partial charge in [-0.25, -0.2) is 4.39 Å². The monoisotopic (exact) mass is 245 g/mol. The summed E-state index contributed by atoms with van der Waals surface area (Å²) in [5.41, 5.74) is 0.804. The van der Waals surface area contributed by atoms with Crippen LogP contribution in [-0.4, -0.2) is 17.6 Å². The molecule has 0 bridgehead atoms. The van der Waals surface area contributed by atoms with Crippen molar-refractivity contribution in [2.45, 2.75) is 19.4 Å². The number of carbonyl (C=O) groups is 1. The van der Waals surface area contributed by atoms with E-state index in [0.29, 0.717) is 24.5 Å².